The van der Waals surface area contributed by atoms with Gasteiger partial charge in [0.1, 0.15) is 0 Å². The van der Waals surface area contributed by atoms with Crippen LogP contribution < -0.4 is 0 Å². The van der Waals surface area contributed by atoms with E-state index in [1.807, 2.05) is 36.4 Å². The molecule has 0 spiro atoms. The monoisotopic (exact) mass is 459 g/mol. The van der Waals surface area contributed by atoms with Gasteiger partial charge in [-0.3, -0.25) is 0 Å². The maximum atomic E-state index is 13.6. The average molecular weight is 460 g/mol. The van der Waals surface area contributed by atoms with Gasteiger partial charge in [-0.25, -0.2) is 0 Å². The third kappa shape index (κ3) is 5.33. The van der Waals surface area contributed by atoms with Gasteiger partial charge in [-0.15, -0.1) is 0 Å². The molecule has 1 atom stereocenters. The first kappa shape index (κ1) is 21.5. The quantitative estimate of drug-likeness (QED) is 0.282. The Morgan fingerprint density at radius 2 is 1.42 bits per heavy atom. The second-order valence-electron chi connectivity index (χ2n) is 7.38. The maximum Gasteiger partial charge on any atom is 0.399 e. The number of fused-ring (bicyclic) bond motifs is 1. The fourth-order valence-corrected chi connectivity index (χ4v) is 4.09. The van der Waals surface area contributed by atoms with Crippen molar-refractivity contribution in [2.75, 3.05) is 0 Å². The minimum absolute atomic E-state index is 0.0116. The zero-order valence-electron chi connectivity index (χ0n) is 16.3. The number of halogens is 5. The van der Waals surface area contributed by atoms with Crippen LogP contribution in [0.4, 0.5) is 13.2 Å². The fourth-order valence-electron chi connectivity index (χ4n) is 3.55. The molecule has 6 heteroatoms. The largest absolute Gasteiger partial charge is 0.399 e. The van der Waals surface area contributed by atoms with Crippen molar-refractivity contribution in [1.82, 2.24) is 4.57 Å². The molecule has 3 aromatic carbocycles. The molecule has 0 bridgehead atoms. The van der Waals surface area contributed by atoms with Crippen LogP contribution in [0.2, 0.25) is 10.0 Å². The number of allylic oxidation sites excluding steroid dienone is 1. The highest BCUT2D eigenvalue weighted by atomic mass is 35.5. The summed E-state index contributed by atoms with van der Waals surface area (Å²) in [5, 5.41) is 2.68. The van der Waals surface area contributed by atoms with Crippen LogP contribution in [-0.4, -0.2) is 10.7 Å². The van der Waals surface area contributed by atoms with Crippen molar-refractivity contribution in [3.8, 4) is 0 Å². The summed E-state index contributed by atoms with van der Waals surface area (Å²) in [5.41, 5.74) is 1.76. The fraction of sp³-hybridized carbons (Fsp3) is 0.120. The molecule has 1 unspecified atom stereocenters. The predicted molar refractivity (Wildman–Crippen MR) is 122 cm³/mol. The topological polar surface area (TPSA) is 4.93 Å². The summed E-state index contributed by atoms with van der Waals surface area (Å²) < 4.78 is 43.0. The molecule has 0 saturated heterocycles. The Hall–Kier alpha value is -2.69. The smallest absolute Gasteiger partial charge is 0.349 e. The minimum Gasteiger partial charge on any atom is -0.349 e. The lowest BCUT2D eigenvalue weighted by Crippen LogP contribution is -2.18. The zero-order valence-corrected chi connectivity index (χ0v) is 17.8. The van der Waals surface area contributed by atoms with Gasteiger partial charge in [0.25, 0.3) is 0 Å². The summed E-state index contributed by atoms with van der Waals surface area (Å²) in [6.07, 6.45) is 2.30. The molecule has 0 saturated carbocycles. The first-order valence-electron chi connectivity index (χ1n) is 9.62. The summed E-state index contributed by atoms with van der Waals surface area (Å²) in [6, 6.07) is 19.6. The SMILES string of the molecule is FC(F)(F)C(/C=C/c1ccc(Cn2cc3ccccc3c2)cc1)c1cc(Cl)cc(Cl)c1. The van der Waals surface area contributed by atoms with E-state index in [2.05, 4.69) is 29.1 Å². The Bertz CT molecular complexity index is 1170. The molecular weight excluding hydrogens is 442 g/mol. The molecule has 1 heterocycles. The highest BCUT2D eigenvalue weighted by molar-refractivity contribution is 6.34. The molecule has 4 rings (SSSR count). The van der Waals surface area contributed by atoms with Crippen molar-refractivity contribution in [3.05, 3.63) is 112 Å². The van der Waals surface area contributed by atoms with E-state index in [0.29, 0.717) is 12.1 Å². The van der Waals surface area contributed by atoms with Gasteiger partial charge < -0.3 is 4.57 Å². The highest BCUT2D eigenvalue weighted by Crippen LogP contribution is 2.38. The molecule has 1 nitrogen and oxygen atoms in total. The highest BCUT2D eigenvalue weighted by Gasteiger charge is 2.39. The molecule has 1 aromatic heterocycles. The van der Waals surface area contributed by atoms with Crippen LogP contribution in [0.15, 0.2) is 85.2 Å². The van der Waals surface area contributed by atoms with E-state index in [1.165, 1.54) is 35.0 Å². The molecule has 0 amide bonds. The molecule has 0 N–H and O–H groups in total. The molecule has 0 fully saturated rings. The summed E-state index contributed by atoms with van der Waals surface area (Å²) in [6.45, 7) is 0.685. The van der Waals surface area contributed by atoms with E-state index >= 15 is 0 Å². The van der Waals surface area contributed by atoms with Crippen molar-refractivity contribution in [3.63, 3.8) is 0 Å². The molecule has 0 aliphatic rings. The van der Waals surface area contributed by atoms with E-state index in [4.69, 9.17) is 23.2 Å². The normalized spacial score (nSPS) is 13.2. The molecule has 31 heavy (non-hydrogen) atoms. The van der Waals surface area contributed by atoms with Crippen LogP contribution in [0.5, 0.6) is 0 Å². The van der Waals surface area contributed by atoms with Crippen molar-refractivity contribution >= 4 is 40.1 Å². The van der Waals surface area contributed by atoms with Crippen LogP contribution in [0.25, 0.3) is 16.8 Å². The standard InChI is InChI=1S/C25H18Cl2F3N/c26-22-11-21(12-23(27)13-22)24(25(28,29)30)10-9-17-5-7-18(8-6-17)14-31-15-19-3-1-2-4-20(19)16-31/h1-13,15-16,24H,14H2/b10-9+. The Kier molecular flexibility index (Phi) is 6.12. The number of nitrogens with zero attached hydrogens (tertiary/aromatic N) is 1. The number of benzene rings is 3. The first-order valence-corrected chi connectivity index (χ1v) is 10.4. The summed E-state index contributed by atoms with van der Waals surface area (Å²) in [4.78, 5) is 0. The summed E-state index contributed by atoms with van der Waals surface area (Å²) in [7, 11) is 0. The Morgan fingerprint density at radius 3 is 1.97 bits per heavy atom. The van der Waals surface area contributed by atoms with Gasteiger partial charge in [-0.1, -0.05) is 83.9 Å². The van der Waals surface area contributed by atoms with Gasteiger partial charge in [0, 0.05) is 29.0 Å². The van der Waals surface area contributed by atoms with Crippen molar-refractivity contribution < 1.29 is 13.2 Å². The van der Waals surface area contributed by atoms with Crippen molar-refractivity contribution in [2.45, 2.75) is 18.6 Å². The Morgan fingerprint density at radius 1 is 0.839 bits per heavy atom. The van der Waals surface area contributed by atoms with E-state index < -0.39 is 12.1 Å². The Balaban J connectivity index is 1.52. The van der Waals surface area contributed by atoms with Crippen LogP contribution in [0.3, 0.4) is 0 Å². The molecule has 0 aliphatic carbocycles. The number of aromatic nitrogens is 1. The predicted octanol–water partition coefficient (Wildman–Crippen LogP) is 8.36. The maximum absolute atomic E-state index is 13.6. The third-order valence-corrected chi connectivity index (χ3v) is 5.46. The second-order valence-corrected chi connectivity index (χ2v) is 8.26. The van der Waals surface area contributed by atoms with E-state index in [-0.39, 0.29) is 15.6 Å². The van der Waals surface area contributed by atoms with Crippen molar-refractivity contribution in [2.24, 2.45) is 0 Å². The van der Waals surface area contributed by atoms with Crippen LogP contribution in [0, 0.1) is 0 Å². The Labute approximate surface area is 188 Å². The van der Waals surface area contributed by atoms with E-state index in [1.54, 1.807) is 0 Å². The van der Waals surface area contributed by atoms with Gasteiger partial charge in [0.2, 0.25) is 0 Å². The molecule has 0 aliphatic heterocycles. The molecule has 0 radical (unpaired) electrons. The lowest BCUT2D eigenvalue weighted by Gasteiger charge is -2.18. The van der Waals surface area contributed by atoms with E-state index in [9.17, 15) is 13.2 Å². The molecule has 158 valence electrons. The lowest BCUT2D eigenvalue weighted by atomic mass is 9.97. The summed E-state index contributed by atoms with van der Waals surface area (Å²) in [5.74, 6) is -1.80. The number of alkyl halides is 3. The van der Waals surface area contributed by atoms with Crippen molar-refractivity contribution in [1.29, 1.82) is 0 Å². The average Bonchev–Trinajstić information content (AvgIpc) is 3.10. The first-order chi connectivity index (χ1) is 14.8. The molecule has 4 aromatic rings. The third-order valence-electron chi connectivity index (χ3n) is 5.03. The second kappa shape index (κ2) is 8.81. The van der Waals surface area contributed by atoms with Gasteiger partial charge in [-0.2, -0.15) is 13.2 Å². The number of hydrogen-bond donors (Lipinski definition) is 0. The van der Waals surface area contributed by atoms with Crippen LogP contribution >= 0.6 is 23.2 Å². The van der Waals surface area contributed by atoms with Crippen LogP contribution in [0.1, 0.15) is 22.6 Å². The summed E-state index contributed by atoms with van der Waals surface area (Å²) >= 11 is 11.8. The van der Waals surface area contributed by atoms with Gasteiger partial charge in [0.05, 0.1) is 5.92 Å². The van der Waals surface area contributed by atoms with Gasteiger partial charge in [0.15, 0.2) is 0 Å². The van der Waals surface area contributed by atoms with E-state index in [0.717, 1.165) is 11.6 Å². The lowest BCUT2D eigenvalue weighted by molar-refractivity contribution is -0.139. The number of hydrogen-bond acceptors (Lipinski definition) is 0. The number of rotatable bonds is 5. The van der Waals surface area contributed by atoms with Gasteiger partial charge >= 0.3 is 6.18 Å². The van der Waals surface area contributed by atoms with Gasteiger partial charge in [-0.05, 0) is 45.7 Å². The molecular formula is C25H18Cl2F3N. The minimum atomic E-state index is -4.46. The zero-order chi connectivity index (χ0) is 22.0. The van der Waals surface area contributed by atoms with Crippen LogP contribution in [-0.2, 0) is 6.54 Å².